The summed E-state index contributed by atoms with van der Waals surface area (Å²) in [4.78, 5) is 40.8. The average molecular weight is 352 g/mol. The Morgan fingerprint density at radius 1 is 1.12 bits per heavy atom. The third-order valence-electron chi connectivity index (χ3n) is 4.46. The molecular weight excluding hydrogens is 332 g/mol. The van der Waals surface area contributed by atoms with E-state index in [1.165, 1.54) is 0 Å². The molecule has 7 heteroatoms. The lowest BCUT2D eigenvalue weighted by Gasteiger charge is -2.31. The van der Waals surface area contributed by atoms with Gasteiger partial charge >= 0.3 is 0 Å². The van der Waals surface area contributed by atoms with E-state index in [1.807, 2.05) is 0 Å². The summed E-state index contributed by atoms with van der Waals surface area (Å²) < 4.78 is 0. The van der Waals surface area contributed by atoms with Crippen LogP contribution >= 0.6 is 0 Å². The first-order valence-corrected chi connectivity index (χ1v) is 8.40. The Hall–Kier alpha value is -3.22. The van der Waals surface area contributed by atoms with E-state index in [1.54, 1.807) is 55.7 Å². The Labute approximate surface area is 151 Å². The lowest BCUT2D eigenvalue weighted by atomic mass is 9.81. The van der Waals surface area contributed by atoms with Crippen LogP contribution in [0.2, 0.25) is 0 Å². The number of nitrogens with zero attached hydrogens (tertiary/aromatic N) is 1. The highest BCUT2D eigenvalue weighted by Crippen LogP contribution is 2.29. The SMILES string of the molecule is C[C@@]1(C(=O)Nc2cccc(NC(=O)c3ccncc3)c2)CCCNC1=O. The van der Waals surface area contributed by atoms with Gasteiger partial charge in [0, 0.05) is 35.9 Å². The van der Waals surface area contributed by atoms with Crippen molar-refractivity contribution in [2.75, 3.05) is 17.2 Å². The zero-order chi connectivity index (χ0) is 18.6. The number of nitrogens with one attached hydrogen (secondary N) is 3. The molecule has 2 heterocycles. The molecule has 1 aliphatic heterocycles. The van der Waals surface area contributed by atoms with Crippen LogP contribution in [-0.2, 0) is 9.59 Å². The fraction of sp³-hybridized carbons (Fsp3) is 0.263. The van der Waals surface area contributed by atoms with Crippen molar-refractivity contribution in [3.05, 3.63) is 54.4 Å². The molecule has 1 aromatic carbocycles. The number of carbonyl (C=O) groups is 3. The molecule has 7 nitrogen and oxygen atoms in total. The Balaban J connectivity index is 1.70. The Morgan fingerprint density at radius 3 is 2.50 bits per heavy atom. The van der Waals surface area contributed by atoms with Gasteiger partial charge in [0.25, 0.3) is 5.91 Å². The molecular formula is C19H20N4O3. The number of pyridine rings is 1. The molecule has 0 radical (unpaired) electrons. The number of rotatable bonds is 4. The fourth-order valence-electron chi connectivity index (χ4n) is 2.82. The van der Waals surface area contributed by atoms with Crippen LogP contribution in [0, 0.1) is 5.41 Å². The molecule has 0 aliphatic carbocycles. The maximum atomic E-state index is 12.6. The summed E-state index contributed by atoms with van der Waals surface area (Å²) in [7, 11) is 0. The summed E-state index contributed by atoms with van der Waals surface area (Å²) in [6.07, 6.45) is 4.35. The van der Waals surface area contributed by atoms with Crippen LogP contribution in [0.15, 0.2) is 48.8 Å². The van der Waals surface area contributed by atoms with Crippen LogP contribution in [0.1, 0.15) is 30.1 Å². The van der Waals surface area contributed by atoms with Crippen LogP contribution < -0.4 is 16.0 Å². The molecule has 1 saturated heterocycles. The Morgan fingerprint density at radius 2 is 1.81 bits per heavy atom. The highest BCUT2D eigenvalue weighted by molar-refractivity contribution is 6.11. The molecule has 0 bridgehead atoms. The second-order valence-electron chi connectivity index (χ2n) is 6.42. The van der Waals surface area contributed by atoms with E-state index in [9.17, 15) is 14.4 Å². The predicted molar refractivity (Wildman–Crippen MR) is 97.6 cm³/mol. The second kappa shape index (κ2) is 7.35. The van der Waals surface area contributed by atoms with E-state index in [0.29, 0.717) is 29.9 Å². The molecule has 1 aliphatic rings. The second-order valence-corrected chi connectivity index (χ2v) is 6.42. The quantitative estimate of drug-likeness (QED) is 0.734. The highest BCUT2D eigenvalue weighted by Gasteiger charge is 2.42. The number of carbonyl (C=O) groups excluding carboxylic acids is 3. The first-order valence-electron chi connectivity index (χ1n) is 8.40. The average Bonchev–Trinajstić information content (AvgIpc) is 2.65. The number of hydrogen-bond donors (Lipinski definition) is 3. The Kier molecular flexibility index (Phi) is 4.97. The minimum absolute atomic E-state index is 0.261. The number of piperidine rings is 1. The van der Waals surface area contributed by atoms with Gasteiger partial charge in [0.1, 0.15) is 5.41 Å². The normalized spacial score (nSPS) is 19.3. The molecule has 0 spiro atoms. The van der Waals surface area contributed by atoms with Gasteiger partial charge in [0.15, 0.2) is 0 Å². The van der Waals surface area contributed by atoms with E-state index in [-0.39, 0.29) is 17.7 Å². The van der Waals surface area contributed by atoms with Gasteiger partial charge in [-0.3, -0.25) is 19.4 Å². The van der Waals surface area contributed by atoms with Crippen molar-refractivity contribution < 1.29 is 14.4 Å². The monoisotopic (exact) mass is 352 g/mol. The van der Waals surface area contributed by atoms with Gasteiger partial charge in [-0.2, -0.15) is 0 Å². The summed E-state index contributed by atoms with van der Waals surface area (Å²) in [5, 5.41) is 8.28. The van der Waals surface area contributed by atoms with E-state index in [4.69, 9.17) is 0 Å². The van der Waals surface area contributed by atoms with Gasteiger partial charge in [-0.05, 0) is 50.1 Å². The number of hydrogen-bond acceptors (Lipinski definition) is 4. The molecule has 1 aromatic heterocycles. The van der Waals surface area contributed by atoms with Gasteiger partial charge in [0.2, 0.25) is 11.8 Å². The van der Waals surface area contributed by atoms with E-state index in [0.717, 1.165) is 6.42 Å². The maximum Gasteiger partial charge on any atom is 0.255 e. The van der Waals surface area contributed by atoms with E-state index < -0.39 is 5.41 Å². The van der Waals surface area contributed by atoms with Crippen LogP contribution in [0.25, 0.3) is 0 Å². The summed E-state index contributed by atoms with van der Waals surface area (Å²) in [6.45, 7) is 2.24. The van der Waals surface area contributed by atoms with E-state index in [2.05, 4.69) is 20.9 Å². The third-order valence-corrected chi connectivity index (χ3v) is 4.46. The van der Waals surface area contributed by atoms with Crippen molar-refractivity contribution in [3.8, 4) is 0 Å². The molecule has 26 heavy (non-hydrogen) atoms. The standard InChI is InChI=1S/C19H20N4O3/c1-19(8-3-9-21-17(19)25)18(26)23-15-5-2-4-14(12-15)22-16(24)13-6-10-20-11-7-13/h2,4-7,10-12H,3,8-9H2,1H3,(H,21,25)(H,22,24)(H,23,26)/t19-/m1/s1. The number of anilines is 2. The smallest absolute Gasteiger partial charge is 0.255 e. The lowest BCUT2D eigenvalue weighted by Crippen LogP contribution is -2.50. The minimum Gasteiger partial charge on any atom is -0.355 e. The molecule has 3 N–H and O–H groups in total. The maximum absolute atomic E-state index is 12.6. The van der Waals surface area contributed by atoms with Crippen LogP contribution in [0.4, 0.5) is 11.4 Å². The van der Waals surface area contributed by atoms with E-state index >= 15 is 0 Å². The molecule has 2 aromatic rings. The zero-order valence-corrected chi connectivity index (χ0v) is 14.4. The van der Waals surface area contributed by atoms with Crippen molar-refractivity contribution in [2.45, 2.75) is 19.8 Å². The third kappa shape index (κ3) is 3.72. The molecule has 3 amide bonds. The van der Waals surface area contributed by atoms with Crippen molar-refractivity contribution in [3.63, 3.8) is 0 Å². The summed E-state index contributed by atoms with van der Waals surface area (Å²) in [5.74, 6) is -0.884. The zero-order valence-electron chi connectivity index (χ0n) is 14.4. The van der Waals surface area contributed by atoms with Gasteiger partial charge in [0.05, 0.1) is 0 Å². The lowest BCUT2D eigenvalue weighted by molar-refractivity contribution is -0.141. The van der Waals surface area contributed by atoms with Crippen molar-refractivity contribution in [1.82, 2.24) is 10.3 Å². The van der Waals surface area contributed by atoms with Gasteiger partial charge < -0.3 is 16.0 Å². The summed E-state index contributed by atoms with van der Waals surface area (Å²) in [5.41, 5.74) is 0.458. The van der Waals surface area contributed by atoms with Crippen LogP contribution in [0.3, 0.4) is 0 Å². The minimum atomic E-state index is -1.09. The topological polar surface area (TPSA) is 100 Å². The van der Waals surface area contributed by atoms with Crippen LogP contribution in [0.5, 0.6) is 0 Å². The number of aromatic nitrogens is 1. The van der Waals surface area contributed by atoms with Gasteiger partial charge in [-0.25, -0.2) is 0 Å². The summed E-state index contributed by atoms with van der Waals surface area (Å²) in [6, 6.07) is 10.0. The van der Waals surface area contributed by atoms with Crippen molar-refractivity contribution in [1.29, 1.82) is 0 Å². The Bertz CT molecular complexity index is 838. The van der Waals surface area contributed by atoms with Gasteiger partial charge in [-0.1, -0.05) is 6.07 Å². The number of amides is 3. The molecule has 3 rings (SSSR count). The largest absolute Gasteiger partial charge is 0.355 e. The molecule has 1 fully saturated rings. The van der Waals surface area contributed by atoms with Crippen molar-refractivity contribution >= 4 is 29.1 Å². The molecule has 0 saturated carbocycles. The molecule has 0 unspecified atom stereocenters. The first kappa shape index (κ1) is 17.6. The molecule has 134 valence electrons. The summed E-state index contributed by atoms with van der Waals surface area (Å²) >= 11 is 0. The van der Waals surface area contributed by atoms with Crippen LogP contribution in [-0.4, -0.2) is 29.3 Å². The predicted octanol–water partition coefficient (Wildman–Crippen LogP) is 2.19. The highest BCUT2D eigenvalue weighted by atomic mass is 16.2. The first-order chi connectivity index (χ1) is 12.5. The molecule has 1 atom stereocenters. The van der Waals surface area contributed by atoms with Gasteiger partial charge in [-0.15, -0.1) is 0 Å². The number of benzene rings is 1. The van der Waals surface area contributed by atoms with Crippen molar-refractivity contribution in [2.24, 2.45) is 5.41 Å². The fourth-order valence-corrected chi connectivity index (χ4v) is 2.82.